The molecule has 2 heterocycles. The number of nitrogens with one attached hydrogen (secondary N) is 1. The molecular weight excluding hydrogens is 298 g/mol. The second-order valence-corrected chi connectivity index (χ2v) is 6.86. The number of urea groups is 1. The molecule has 124 valence electrons. The van der Waals surface area contributed by atoms with Gasteiger partial charge in [-0.05, 0) is 39.0 Å². The zero-order valence-corrected chi connectivity index (χ0v) is 14.5. The predicted octanol–water partition coefficient (Wildman–Crippen LogP) is 2.98. The molecule has 2 amide bonds. The largest absolute Gasteiger partial charge is 0.378 e. The molecule has 0 saturated carbocycles. The maximum Gasteiger partial charge on any atom is 0.317 e. The van der Waals surface area contributed by atoms with E-state index in [1.54, 1.807) is 16.2 Å². The third-order valence-corrected chi connectivity index (χ3v) is 4.93. The van der Waals surface area contributed by atoms with E-state index in [9.17, 15) is 4.79 Å². The van der Waals surface area contributed by atoms with Gasteiger partial charge in [0.05, 0.1) is 11.1 Å². The third kappa shape index (κ3) is 5.93. The summed E-state index contributed by atoms with van der Waals surface area (Å²) >= 11 is 1.69. The van der Waals surface area contributed by atoms with Crippen LogP contribution in [-0.2, 0) is 11.2 Å². The number of rotatable bonds is 8. The molecule has 2 rings (SSSR count). The number of amides is 2. The van der Waals surface area contributed by atoms with Crippen molar-refractivity contribution in [3.8, 4) is 0 Å². The maximum atomic E-state index is 12.0. The van der Waals surface area contributed by atoms with Gasteiger partial charge in [-0.1, -0.05) is 0 Å². The maximum absolute atomic E-state index is 12.0. The summed E-state index contributed by atoms with van der Waals surface area (Å²) in [5.41, 5.74) is 1.08. The molecule has 1 N–H and O–H groups in total. The SMILES string of the molecule is Cc1csc(CCCNC(=O)N(C)CCCC2CCCO2)n1. The molecule has 22 heavy (non-hydrogen) atoms. The van der Waals surface area contributed by atoms with Crippen LogP contribution in [0.15, 0.2) is 5.38 Å². The predicted molar refractivity (Wildman–Crippen MR) is 89.4 cm³/mol. The Kier molecular flexibility index (Phi) is 7.12. The summed E-state index contributed by atoms with van der Waals surface area (Å²) in [4.78, 5) is 18.1. The zero-order chi connectivity index (χ0) is 15.8. The number of hydrogen-bond acceptors (Lipinski definition) is 4. The highest BCUT2D eigenvalue weighted by Crippen LogP contribution is 2.16. The van der Waals surface area contributed by atoms with Crippen molar-refractivity contribution in [3.63, 3.8) is 0 Å². The fourth-order valence-corrected chi connectivity index (χ4v) is 3.44. The minimum Gasteiger partial charge on any atom is -0.378 e. The van der Waals surface area contributed by atoms with Crippen molar-refractivity contribution >= 4 is 17.4 Å². The molecule has 0 aromatic carbocycles. The number of ether oxygens (including phenoxy) is 1. The van der Waals surface area contributed by atoms with Crippen molar-refractivity contribution < 1.29 is 9.53 Å². The van der Waals surface area contributed by atoms with Gasteiger partial charge in [-0.25, -0.2) is 9.78 Å². The molecule has 1 aliphatic heterocycles. The highest BCUT2D eigenvalue weighted by atomic mass is 32.1. The molecule has 1 aromatic heterocycles. The molecule has 1 aromatic rings. The van der Waals surface area contributed by atoms with Crippen LogP contribution in [0.3, 0.4) is 0 Å². The Morgan fingerprint density at radius 2 is 2.41 bits per heavy atom. The van der Waals surface area contributed by atoms with E-state index in [0.717, 1.165) is 49.5 Å². The van der Waals surface area contributed by atoms with Gasteiger partial charge in [0.2, 0.25) is 0 Å². The first-order valence-electron chi connectivity index (χ1n) is 8.16. The summed E-state index contributed by atoms with van der Waals surface area (Å²) < 4.78 is 5.59. The van der Waals surface area contributed by atoms with Gasteiger partial charge in [0, 0.05) is 44.2 Å². The fraction of sp³-hybridized carbons (Fsp3) is 0.750. The number of hydrogen-bond donors (Lipinski definition) is 1. The number of carbonyl (C=O) groups excluding carboxylic acids is 1. The molecule has 1 atom stereocenters. The van der Waals surface area contributed by atoms with E-state index in [1.807, 2.05) is 14.0 Å². The summed E-state index contributed by atoms with van der Waals surface area (Å²) in [7, 11) is 1.86. The van der Waals surface area contributed by atoms with E-state index in [-0.39, 0.29) is 6.03 Å². The summed E-state index contributed by atoms with van der Waals surface area (Å²) in [5.74, 6) is 0. The average Bonchev–Trinajstić information content (AvgIpc) is 3.15. The van der Waals surface area contributed by atoms with Gasteiger partial charge in [0.25, 0.3) is 0 Å². The lowest BCUT2D eigenvalue weighted by Gasteiger charge is -2.18. The second-order valence-electron chi connectivity index (χ2n) is 5.92. The van der Waals surface area contributed by atoms with Gasteiger partial charge < -0.3 is 15.0 Å². The molecule has 5 nitrogen and oxygen atoms in total. The van der Waals surface area contributed by atoms with E-state index >= 15 is 0 Å². The minimum atomic E-state index is 0.0164. The van der Waals surface area contributed by atoms with Crippen molar-refractivity contribution in [2.24, 2.45) is 0 Å². The summed E-state index contributed by atoms with van der Waals surface area (Å²) in [6.07, 6.45) is 6.70. The highest BCUT2D eigenvalue weighted by molar-refractivity contribution is 7.09. The molecule has 1 unspecified atom stereocenters. The van der Waals surface area contributed by atoms with Crippen LogP contribution in [0.5, 0.6) is 0 Å². The molecule has 6 heteroatoms. The molecule has 0 radical (unpaired) electrons. The highest BCUT2D eigenvalue weighted by Gasteiger charge is 2.15. The lowest BCUT2D eigenvalue weighted by Crippen LogP contribution is -2.38. The Morgan fingerprint density at radius 3 is 3.09 bits per heavy atom. The Balaban J connectivity index is 1.52. The van der Waals surface area contributed by atoms with Gasteiger partial charge in [-0.15, -0.1) is 11.3 Å². The Hall–Kier alpha value is -1.14. The monoisotopic (exact) mass is 325 g/mol. The molecule has 0 aliphatic carbocycles. The Bertz CT molecular complexity index is 458. The van der Waals surface area contributed by atoms with Crippen molar-refractivity contribution in [1.82, 2.24) is 15.2 Å². The van der Waals surface area contributed by atoms with Crippen LogP contribution >= 0.6 is 11.3 Å². The Morgan fingerprint density at radius 1 is 1.55 bits per heavy atom. The van der Waals surface area contributed by atoms with Gasteiger partial charge in [0.1, 0.15) is 0 Å². The first-order chi connectivity index (χ1) is 10.6. The van der Waals surface area contributed by atoms with Crippen LogP contribution < -0.4 is 5.32 Å². The number of carbonyl (C=O) groups is 1. The van der Waals surface area contributed by atoms with Gasteiger partial charge >= 0.3 is 6.03 Å². The van der Waals surface area contributed by atoms with Gasteiger partial charge in [0.15, 0.2) is 0 Å². The first-order valence-corrected chi connectivity index (χ1v) is 9.04. The minimum absolute atomic E-state index is 0.0164. The van der Waals surface area contributed by atoms with Crippen molar-refractivity contribution in [2.75, 3.05) is 26.7 Å². The fourth-order valence-electron chi connectivity index (χ4n) is 2.62. The molecule has 0 bridgehead atoms. The standard InChI is InChI=1S/C16H27N3O2S/c1-13-12-22-15(18-13)8-3-9-17-16(20)19(2)10-4-6-14-7-5-11-21-14/h12,14H,3-11H2,1-2H3,(H,17,20). The lowest BCUT2D eigenvalue weighted by atomic mass is 10.1. The third-order valence-electron chi connectivity index (χ3n) is 3.90. The van der Waals surface area contributed by atoms with Crippen LogP contribution in [0, 0.1) is 6.92 Å². The van der Waals surface area contributed by atoms with E-state index in [1.165, 1.54) is 12.8 Å². The van der Waals surface area contributed by atoms with E-state index in [2.05, 4.69) is 15.7 Å². The topological polar surface area (TPSA) is 54.5 Å². The normalized spacial score (nSPS) is 17.6. The van der Waals surface area contributed by atoms with Gasteiger partial charge in [-0.3, -0.25) is 0 Å². The van der Waals surface area contributed by atoms with Crippen LogP contribution in [-0.4, -0.2) is 48.8 Å². The molecule has 1 saturated heterocycles. The molecular formula is C16H27N3O2S. The quantitative estimate of drug-likeness (QED) is 0.748. The van der Waals surface area contributed by atoms with Crippen LogP contribution in [0.1, 0.15) is 42.8 Å². The molecule has 0 spiro atoms. The Labute approximate surface area is 137 Å². The van der Waals surface area contributed by atoms with E-state index < -0.39 is 0 Å². The lowest BCUT2D eigenvalue weighted by molar-refractivity contribution is 0.100. The first kappa shape index (κ1) is 17.2. The van der Waals surface area contributed by atoms with Crippen molar-refractivity contribution in [1.29, 1.82) is 0 Å². The second kappa shape index (κ2) is 9.10. The molecule has 1 fully saturated rings. The smallest absolute Gasteiger partial charge is 0.317 e. The number of nitrogens with zero attached hydrogens (tertiary/aromatic N) is 2. The van der Waals surface area contributed by atoms with Crippen molar-refractivity contribution in [2.45, 2.75) is 51.6 Å². The van der Waals surface area contributed by atoms with Crippen LogP contribution in [0.2, 0.25) is 0 Å². The zero-order valence-electron chi connectivity index (χ0n) is 13.6. The van der Waals surface area contributed by atoms with E-state index in [4.69, 9.17) is 4.74 Å². The van der Waals surface area contributed by atoms with Crippen LogP contribution in [0.25, 0.3) is 0 Å². The van der Waals surface area contributed by atoms with Crippen LogP contribution in [0.4, 0.5) is 4.79 Å². The van der Waals surface area contributed by atoms with Gasteiger partial charge in [-0.2, -0.15) is 0 Å². The number of aromatic nitrogens is 1. The summed E-state index contributed by atoms with van der Waals surface area (Å²) in [6, 6.07) is 0.0164. The summed E-state index contributed by atoms with van der Waals surface area (Å²) in [5, 5.41) is 6.19. The summed E-state index contributed by atoms with van der Waals surface area (Å²) in [6.45, 7) is 4.40. The number of thiazole rings is 1. The van der Waals surface area contributed by atoms with E-state index in [0.29, 0.717) is 12.6 Å². The van der Waals surface area contributed by atoms with Crippen molar-refractivity contribution in [3.05, 3.63) is 16.1 Å². The molecule has 1 aliphatic rings. The number of aryl methyl sites for hydroxylation is 2. The average molecular weight is 325 g/mol.